The van der Waals surface area contributed by atoms with E-state index < -0.39 is 0 Å². The van der Waals surface area contributed by atoms with Crippen LogP contribution in [0.15, 0.2) is 0 Å². The van der Waals surface area contributed by atoms with Crippen LogP contribution in [0.3, 0.4) is 0 Å². The molecule has 1 N–H and O–H groups in total. The van der Waals surface area contributed by atoms with Crippen LogP contribution in [0.25, 0.3) is 0 Å². The first-order valence-electron chi connectivity index (χ1n) is 7.74. The summed E-state index contributed by atoms with van der Waals surface area (Å²) in [7, 11) is 0. The van der Waals surface area contributed by atoms with Crippen LogP contribution in [-0.4, -0.2) is 49.3 Å². The molecule has 1 unspecified atom stereocenters. The van der Waals surface area contributed by atoms with Crippen LogP contribution >= 0.6 is 0 Å². The maximum Gasteiger partial charge on any atom is 0.0478 e. The van der Waals surface area contributed by atoms with E-state index in [0.717, 1.165) is 26.2 Å². The van der Waals surface area contributed by atoms with Crippen LogP contribution < -0.4 is 5.32 Å². The summed E-state index contributed by atoms with van der Waals surface area (Å²) >= 11 is 0. The summed E-state index contributed by atoms with van der Waals surface area (Å²) in [6.45, 7) is 14.3. The molecule has 1 aliphatic heterocycles. The van der Waals surface area contributed by atoms with Gasteiger partial charge >= 0.3 is 0 Å². The minimum Gasteiger partial charge on any atom is -0.382 e. The second-order valence-corrected chi connectivity index (χ2v) is 5.57. The summed E-state index contributed by atoms with van der Waals surface area (Å²) in [5.74, 6) is 0. The lowest BCUT2D eigenvalue weighted by Gasteiger charge is -2.37. The van der Waals surface area contributed by atoms with Crippen LogP contribution in [0.5, 0.6) is 0 Å². The third-order valence-corrected chi connectivity index (χ3v) is 4.48. The highest BCUT2D eigenvalue weighted by atomic mass is 16.5. The SMILES string of the molecule is CCOCCCN1CC(CC)(CC)NCCC1C. The van der Waals surface area contributed by atoms with Gasteiger partial charge in [0, 0.05) is 37.9 Å². The number of rotatable bonds is 7. The van der Waals surface area contributed by atoms with Gasteiger partial charge in [0.25, 0.3) is 0 Å². The Morgan fingerprint density at radius 2 is 2.00 bits per heavy atom. The van der Waals surface area contributed by atoms with E-state index in [2.05, 4.69) is 37.9 Å². The zero-order valence-electron chi connectivity index (χ0n) is 12.8. The Bertz CT molecular complexity index is 217. The highest BCUT2D eigenvalue weighted by molar-refractivity contribution is 4.93. The quantitative estimate of drug-likeness (QED) is 0.709. The lowest BCUT2D eigenvalue weighted by atomic mass is 9.92. The van der Waals surface area contributed by atoms with Gasteiger partial charge < -0.3 is 10.1 Å². The molecule has 0 radical (unpaired) electrons. The molecule has 1 fully saturated rings. The fourth-order valence-electron chi connectivity index (χ4n) is 2.87. The molecule has 0 aliphatic carbocycles. The molecular weight excluding hydrogens is 224 g/mol. The molecule has 1 rings (SSSR count). The number of hydrogen-bond acceptors (Lipinski definition) is 3. The van der Waals surface area contributed by atoms with Crippen LogP contribution in [0, 0.1) is 0 Å². The van der Waals surface area contributed by atoms with Gasteiger partial charge in [0.15, 0.2) is 0 Å². The van der Waals surface area contributed by atoms with Gasteiger partial charge in [-0.05, 0) is 46.1 Å². The first-order valence-corrected chi connectivity index (χ1v) is 7.74. The monoisotopic (exact) mass is 256 g/mol. The van der Waals surface area contributed by atoms with Crippen LogP contribution in [0.4, 0.5) is 0 Å². The largest absolute Gasteiger partial charge is 0.382 e. The molecule has 0 aromatic heterocycles. The third-order valence-electron chi connectivity index (χ3n) is 4.48. The molecular formula is C15H32N2O. The number of hydrogen-bond donors (Lipinski definition) is 1. The van der Waals surface area contributed by atoms with Crippen LogP contribution in [0.2, 0.25) is 0 Å². The molecule has 0 bridgehead atoms. The Morgan fingerprint density at radius 3 is 2.61 bits per heavy atom. The van der Waals surface area contributed by atoms with Gasteiger partial charge in [0.05, 0.1) is 0 Å². The van der Waals surface area contributed by atoms with E-state index >= 15 is 0 Å². The first kappa shape index (κ1) is 15.9. The summed E-state index contributed by atoms with van der Waals surface area (Å²) < 4.78 is 5.45. The van der Waals surface area contributed by atoms with Crippen molar-refractivity contribution < 1.29 is 4.74 Å². The van der Waals surface area contributed by atoms with Crippen molar-refractivity contribution in [3.63, 3.8) is 0 Å². The molecule has 0 aromatic carbocycles. The Hall–Kier alpha value is -0.120. The highest BCUT2D eigenvalue weighted by Gasteiger charge is 2.32. The molecule has 0 aromatic rings. The van der Waals surface area contributed by atoms with Gasteiger partial charge in [-0.25, -0.2) is 0 Å². The zero-order valence-corrected chi connectivity index (χ0v) is 12.8. The number of nitrogens with one attached hydrogen (secondary N) is 1. The molecule has 0 amide bonds. The predicted molar refractivity (Wildman–Crippen MR) is 78.1 cm³/mol. The molecule has 0 saturated carbocycles. The maximum absolute atomic E-state index is 5.45. The second kappa shape index (κ2) is 8.13. The summed E-state index contributed by atoms with van der Waals surface area (Å²) in [6.07, 6.45) is 4.86. The van der Waals surface area contributed by atoms with E-state index in [4.69, 9.17) is 4.74 Å². The molecule has 3 nitrogen and oxygen atoms in total. The minimum absolute atomic E-state index is 0.330. The summed E-state index contributed by atoms with van der Waals surface area (Å²) in [6, 6.07) is 0.694. The van der Waals surface area contributed by atoms with Gasteiger partial charge in [-0.15, -0.1) is 0 Å². The average molecular weight is 256 g/mol. The van der Waals surface area contributed by atoms with Gasteiger partial charge in [-0.2, -0.15) is 0 Å². The zero-order chi connectivity index (χ0) is 13.4. The average Bonchev–Trinajstić information content (AvgIpc) is 2.55. The number of nitrogens with zero attached hydrogens (tertiary/aromatic N) is 1. The van der Waals surface area contributed by atoms with Crippen molar-refractivity contribution in [3.05, 3.63) is 0 Å². The molecule has 108 valence electrons. The van der Waals surface area contributed by atoms with Gasteiger partial charge in [-0.3, -0.25) is 4.90 Å². The van der Waals surface area contributed by atoms with E-state index in [1.54, 1.807) is 0 Å². The van der Waals surface area contributed by atoms with Crippen molar-refractivity contribution in [3.8, 4) is 0 Å². The minimum atomic E-state index is 0.330. The Balaban J connectivity index is 2.50. The first-order chi connectivity index (χ1) is 8.67. The van der Waals surface area contributed by atoms with E-state index in [9.17, 15) is 0 Å². The Labute approximate surface area is 113 Å². The van der Waals surface area contributed by atoms with Crippen molar-refractivity contribution in [1.82, 2.24) is 10.2 Å². The summed E-state index contributed by atoms with van der Waals surface area (Å²) in [4.78, 5) is 2.66. The van der Waals surface area contributed by atoms with Crippen molar-refractivity contribution in [1.29, 1.82) is 0 Å². The van der Waals surface area contributed by atoms with E-state index in [-0.39, 0.29) is 0 Å². The fourth-order valence-corrected chi connectivity index (χ4v) is 2.87. The maximum atomic E-state index is 5.45. The third kappa shape index (κ3) is 4.52. The normalized spacial score (nSPS) is 25.0. The number of ether oxygens (including phenoxy) is 1. The van der Waals surface area contributed by atoms with Crippen molar-refractivity contribution in [2.75, 3.05) is 32.8 Å². The summed E-state index contributed by atoms with van der Waals surface area (Å²) in [5.41, 5.74) is 0.330. The van der Waals surface area contributed by atoms with Gasteiger partial charge in [-0.1, -0.05) is 13.8 Å². The second-order valence-electron chi connectivity index (χ2n) is 5.57. The van der Waals surface area contributed by atoms with E-state index in [1.165, 1.54) is 32.4 Å². The molecule has 18 heavy (non-hydrogen) atoms. The van der Waals surface area contributed by atoms with E-state index in [1.807, 2.05) is 0 Å². The van der Waals surface area contributed by atoms with Crippen molar-refractivity contribution in [2.45, 2.75) is 65.0 Å². The van der Waals surface area contributed by atoms with Crippen LogP contribution in [-0.2, 0) is 4.74 Å². The molecule has 1 heterocycles. The summed E-state index contributed by atoms with van der Waals surface area (Å²) in [5, 5.41) is 3.78. The van der Waals surface area contributed by atoms with Gasteiger partial charge in [0.2, 0.25) is 0 Å². The fraction of sp³-hybridized carbons (Fsp3) is 1.00. The molecule has 1 atom stereocenters. The smallest absolute Gasteiger partial charge is 0.0478 e. The highest BCUT2D eigenvalue weighted by Crippen LogP contribution is 2.22. The Morgan fingerprint density at radius 1 is 1.28 bits per heavy atom. The predicted octanol–water partition coefficient (Wildman–Crippen LogP) is 2.66. The van der Waals surface area contributed by atoms with Crippen molar-refractivity contribution >= 4 is 0 Å². The molecule has 3 heteroatoms. The molecule has 1 aliphatic rings. The Kier molecular flexibility index (Phi) is 7.20. The molecule has 0 spiro atoms. The van der Waals surface area contributed by atoms with E-state index in [0.29, 0.717) is 11.6 Å². The topological polar surface area (TPSA) is 24.5 Å². The van der Waals surface area contributed by atoms with Crippen LogP contribution in [0.1, 0.15) is 53.4 Å². The lowest BCUT2D eigenvalue weighted by Crippen LogP contribution is -2.51. The molecule has 1 saturated heterocycles. The van der Waals surface area contributed by atoms with Crippen molar-refractivity contribution in [2.24, 2.45) is 0 Å². The standard InChI is InChI=1S/C15H32N2O/c1-5-15(6-2)13-17(11-8-12-18-7-3)14(4)9-10-16-15/h14,16H,5-13H2,1-4H3. The van der Waals surface area contributed by atoms with Gasteiger partial charge in [0.1, 0.15) is 0 Å². The lowest BCUT2D eigenvalue weighted by molar-refractivity contribution is 0.112.